The van der Waals surface area contributed by atoms with E-state index < -0.39 is 33.9 Å². The molecule has 1 unspecified atom stereocenters. The lowest BCUT2D eigenvalue weighted by molar-refractivity contribution is -0.274. The average Bonchev–Trinajstić information content (AvgIpc) is 2.92. The number of hydrogen-bond donors (Lipinski definition) is 0. The summed E-state index contributed by atoms with van der Waals surface area (Å²) in [5, 5.41) is 0. The predicted molar refractivity (Wildman–Crippen MR) is 95.8 cm³/mol. The standard InChI is InChI=1S/C18H22F3NO4S/c1-2-3-11-22(15-10-12-27(24,25)13-15)17(23)9-8-14-6-4-5-7-16(14)26-18(19,20)21/h4-9,15H,2-3,10-13H2,1H3/b9-8+. The van der Waals surface area contributed by atoms with Gasteiger partial charge in [-0.2, -0.15) is 0 Å². The monoisotopic (exact) mass is 405 g/mol. The van der Waals surface area contributed by atoms with Crippen molar-refractivity contribution in [1.29, 1.82) is 0 Å². The van der Waals surface area contributed by atoms with Gasteiger partial charge >= 0.3 is 6.36 Å². The second-order valence-electron chi connectivity index (χ2n) is 6.36. The van der Waals surface area contributed by atoms with Gasteiger partial charge in [-0.1, -0.05) is 31.5 Å². The van der Waals surface area contributed by atoms with Gasteiger partial charge in [0.25, 0.3) is 0 Å². The van der Waals surface area contributed by atoms with Gasteiger partial charge < -0.3 is 9.64 Å². The lowest BCUT2D eigenvalue weighted by Gasteiger charge is -2.27. The van der Waals surface area contributed by atoms with Crippen molar-refractivity contribution >= 4 is 21.8 Å². The van der Waals surface area contributed by atoms with Crippen LogP contribution in [0.2, 0.25) is 0 Å². The average molecular weight is 405 g/mol. The molecule has 2 rings (SSSR count). The first-order valence-corrected chi connectivity index (χ1v) is 10.5. The van der Waals surface area contributed by atoms with E-state index in [1.807, 2.05) is 6.92 Å². The van der Waals surface area contributed by atoms with Crippen molar-refractivity contribution in [1.82, 2.24) is 4.90 Å². The fraction of sp³-hybridized carbons (Fsp3) is 0.500. The van der Waals surface area contributed by atoms with Gasteiger partial charge in [0.1, 0.15) is 5.75 Å². The van der Waals surface area contributed by atoms with E-state index in [1.165, 1.54) is 35.3 Å². The number of nitrogens with zero attached hydrogens (tertiary/aromatic N) is 1. The number of rotatable bonds is 7. The molecular weight excluding hydrogens is 383 g/mol. The minimum atomic E-state index is -4.83. The largest absolute Gasteiger partial charge is 0.573 e. The number of carbonyl (C=O) groups is 1. The lowest BCUT2D eigenvalue weighted by Crippen LogP contribution is -2.40. The van der Waals surface area contributed by atoms with Crippen molar-refractivity contribution < 1.29 is 31.1 Å². The van der Waals surface area contributed by atoms with Crippen LogP contribution >= 0.6 is 0 Å². The maximum atomic E-state index is 12.6. The molecule has 1 heterocycles. The van der Waals surface area contributed by atoms with Gasteiger partial charge in [-0.15, -0.1) is 13.2 Å². The Kier molecular flexibility index (Phi) is 6.91. The first-order valence-electron chi connectivity index (χ1n) is 8.65. The lowest BCUT2D eigenvalue weighted by atomic mass is 10.1. The van der Waals surface area contributed by atoms with Crippen molar-refractivity contribution in [3.63, 3.8) is 0 Å². The molecule has 1 saturated heterocycles. The molecule has 9 heteroatoms. The molecule has 0 aromatic heterocycles. The van der Waals surface area contributed by atoms with Gasteiger partial charge in [0.2, 0.25) is 5.91 Å². The zero-order valence-corrected chi connectivity index (χ0v) is 15.7. The van der Waals surface area contributed by atoms with Crippen LogP contribution < -0.4 is 4.74 Å². The third kappa shape index (κ3) is 6.57. The predicted octanol–water partition coefficient (Wildman–Crippen LogP) is 3.41. The number of amides is 1. The van der Waals surface area contributed by atoms with Gasteiger partial charge in [-0.3, -0.25) is 4.79 Å². The summed E-state index contributed by atoms with van der Waals surface area (Å²) in [5.41, 5.74) is 0.109. The Labute approximate surface area is 156 Å². The number of ether oxygens (including phenoxy) is 1. The number of para-hydroxylation sites is 1. The SMILES string of the molecule is CCCCN(C(=O)/C=C/c1ccccc1OC(F)(F)F)C1CCS(=O)(=O)C1. The Morgan fingerprint density at radius 3 is 2.63 bits per heavy atom. The summed E-state index contributed by atoms with van der Waals surface area (Å²) in [6, 6.07) is 5.10. The van der Waals surface area contributed by atoms with Crippen molar-refractivity contribution in [2.45, 2.75) is 38.6 Å². The molecule has 1 aromatic rings. The third-order valence-electron chi connectivity index (χ3n) is 4.23. The normalized spacial score (nSPS) is 19.3. The number of halogens is 3. The summed E-state index contributed by atoms with van der Waals surface area (Å²) in [7, 11) is -3.16. The van der Waals surface area contributed by atoms with Crippen molar-refractivity contribution in [3.05, 3.63) is 35.9 Å². The zero-order valence-electron chi connectivity index (χ0n) is 14.9. The summed E-state index contributed by atoms with van der Waals surface area (Å²) < 4.78 is 64.9. The van der Waals surface area contributed by atoms with Crippen molar-refractivity contribution in [3.8, 4) is 5.75 Å². The summed E-state index contributed by atoms with van der Waals surface area (Å²) in [6.07, 6.45) is -0.497. The number of unbranched alkanes of at least 4 members (excludes halogenated alkanes) is 1. The molecule has 0 spiro atoms. The van der Waals surface area contributed by atoms with Crippen molar-refractivity contribution in [2.24, 2.45) is 0 Å². The molecule has 5 nitrogen and oxygen atoms in total. The number of carbonyl (C=O) groups excluding carboxylic acids is 1. The highest BCUT2D eigenvalue weighted by Gasteiger charge is 2.34. The van der Waals surface area contributed by atoms with E-state index in [9.17, 15) is 26.4 Å². The van der Waals surface area contributed by atoms with Gasteiger partial charge in [0, 0.05) is 24.2 Å². The maximum Gasteiger partial charge on any atom is 0.573 e. The van der Waals surface area contributed by atoms with Crippen molar-refractivity contribution in [2.75, 3.05) is 18.1 Å². The Balaban J connectivity index is 2.17. The Morgan fingerprint density at radius 1 is 1.33 bits per heavy atom. The molecule has 1 aliphatic rings. The van der Waals surface area contributed by atoms with E-state index in [1.54, 1.807) is 0 Å². The van der Waals surface area contributed by atoms with E-state index in [0.717, 1.165) is 12.5 Å². The van der Waals surface area contributed by atoms with E-state index in [4.69, 9.17) is 0 Å². The van der Waals surface area contributed by atoms with Crippen LogP contribution in [0, 0.1) is 0 Å². The molecule has 1 aromatic carbocycles. The molecule has 0 aliphatic carbocycles. The molecule has 1 aliphatic heterocycles. The van der Waals surface area contributed by atoms with E-state index >= 15 is 0 Å². The molecule has 150 valence electrons. The van der Waals surface area contributed by atoms with E-state index in [-0.39, 0.29) is 17.1 Å². The second kappa shape index (κ2) is 8.77. The Hall–Kier alpha value is -2.03. The number of benzene rings is 1. The second-order valence-corrected chi connectivity index (χ2v) is 8.59. The van der Waals surface area contributed by atoms with Crippen LogP contribution in [-0.2, 0) is 14.6 Å². The van der Waals surface area contributed by atoms with Crippen LogP contribution in [-0.4, -0.2) is 49.7 Å². The van der Waals surface area contributed by atoms with Crippen LogP contribution in [0.1, 0.15) is 31.7 Å². The third-order valence-corrected chi connectivity index (χ3v) is 5.99. The highest BCUT2D eigenvalue weighted by atomic mass is 32.2. The van der Waals surface area contributed by atoms with Crippen LogP contribution in [0.15, 0.2) is 30.3 Å². The molecule has 1 amide bonds. The first kappa shape index (κ1) is 21.3. The summed E-state index contributed by atoms with van der Waals surface area (Å²) in [6.45, 7) is 2.36. The van der Waals surface area contributed by atoms with Gasteiger partial charge in [0.15, 0.2) is 9.84 Å². The fourth-order valence-corrected chi connectivity index (χ4v) is 4.65. The van der Waals surface area contributed by atoms with Crippen LogP contribution in [0.3, 0.4) is 0 Å². The van der Waals surface area contributed by atoms with Crippen LogP contribution in [0.25, 0.3) is 6.08 Å². The van der Waals surface area contributed by atoms with E-state index in [0.29, 0.717) is 19.4 Å². The fourth-order valence-electron chi connectivity index (χ4n) is 2.92. The highest BCUT2D eigenvalue weighted by molar-refractivity contribution is 7.91. The number of hydrogen-bond acceptors (Lipinski definition) is 4. The molecule has 0 radical (unpaired) electrons. The minimum absolute atomic E-state index is 0.0412. The van der Waals surface area contributed by atoms with E-state index in [2.05, 4.69) is 4.74 Å². The molecule has 0 bridgehead atoms. The van der Waals surface area contributed by atoms with Gasteiger partial charge in [0.05, 0.1) is 11.5 Å². The molecule has 1 fully saturated rings. The van der Waals surface area contributed by atoms with Gasteiger partial charge in [-0.25, -0.2) is 8.42 Å². The first-order chi connectivity index (χ1) is 12.6. The summed E-state index contributed by atoms with van der Waals surface area (Å²) in [5.74, 6) is -0.867. The quantitative estimate of drug-likeness (QED) is 0.652. The smallest absolute Gasteiger partial charge is 0.405 e. The molecule has 0 N–H and O–H groups in total. The minimum Gasteiger partial charge on any atom is -0.405 e. The summed E-state index contributed by atoms with van der Waals surface area (Å²) >= 11 is 0. The zero-order chi connectivity index (χ0) is 20.1. The van der Waals surface area contributed by atoms with Gasteiger partial charge in [-0.05, 0) is 25.0 Å². The molecule has 27 heavy (non-hydrogen) atoms. The maximum absolute atomic E-state index is 12.6. The highest BCUT2D eigenvalue weighted by Crippen LogP contribution is 2.27. The Bertz CT molecular complexity index is 790. The van der Waals surface area contributed by atoms with Crippen LogP contribution in [0.4, 0.5) is 13.2 Å². The summed E-state index contributed by atoms with van der Waals surface area (Å²) in [4.78, 5) is 14.1. The molecular formula is C18H22F3NO4S. The Morgan fingerprint density at radius 2 is 2.04 bits per heavy atom. The number of sulfone groups is 1. The topological polar surface area (TPSA) is 63.7 Å². The molecule has 1 atom stereocenters. The van der Waals surface area contributed by atoms with Crippen LogP contribution in [0.5, 0.6) is 5.75 Å². The number of alkyl halides is 3. The molecule has 0 saturated carbocycles.